The van der Waals surface area contributed by atoms with Crippen molar-refractivity contribution >= 4 is 28.5 Å². The number of nitrogens with zero attached hydrogens (tertiary/aromatic N) is 2. The molecule has 5 nitrogen and oxygen atoms in total. The first-order chi connectivity index (χ1) is 16.6. The first-order valence-electron chi connectivity index (χ1n) is 11.7. The summed E-state index contributed by atoms with van der Waals surface area (Å²) in [6, 6.07) is 23.4. The largest absolute Gasteiger partial charge is 0.349 e. The van der Waals surface area contributed by atoms with E-state index >= 15 is 0 Å². The summed E-state index contributed by atoms with van der Waals surface area (Å²) < 4.78 is 1.70. The van der Waals surface area contributed by atoms with Gasteiger partial charge in [0, 0.05) is 17.9 Å². The van der Waals surface area contributed by atoms with Gasteiger partial charge in [0.1, 0.15) is 5.69 Å². The summed E-state index contributed by atoms with van der Waals surface area (Å²) in [6.07, 6.45) is 3.54. The lowest BCUT2D eigenvalue weighted by atomic mass is 9.87. The summed E-state index contributed by atoms with van der Waals surface area (Å²) in [6.45, 7) is 0.347. The number of carbonyl (C=O) groups is 1. The van der Waals surface area contributed by atoms with E-state index in [-0.39, 0.29) is 30.3 Å². The van der Waals surface area contributed by atoms with Gasteiger partial charge in [-0.05, 0) is 54.2 Å². The molecule has 1 aromatic heterocycles. The van der Waals surface area contributed by atoms with E-state index < -0.39 is 0 Å². The second-order valence-electron chi connectivity index (χ2n) is 8.74. The fraction of sp³-hybridized carbons (Fsp3) is 0.250. The Labute approximate surface area is 203 Å². The normalized spacial score (nSPS) is 15.1. The molecule has 0 bridgehead atoms. The molecule has 1 N–H and O–H groups in total. The zero-order valence-corrected chi connectivity index (χ0v) is 19.6. The molecule has 0 radical (unpaired) electrons. The molecule has 1 aliphatic carbocycles. The summed E-state index contributed by atoms with van der Waals surface area (Å²) in [7, 11) is 0. The predicted octanol–water partition coefficient (Wildman–Crippen LogP) is 5.22. The van der Waals surface area contributed by atoms with Crippen molar-refractivity contribution in [3.05, 3.63) is 111 Å². The second-order valence-corrected chi connectivity index (χ2v) is 9.15. The molecule has 3 aromatic carbocycles. The van der Waals surface area contributed by atoms with Crippen LogP contribution in [0.4, 0.5) is 0 Å². The van der Waals surface area contributed by atoms with E-state index in [2.05, 4.69) is 22.4 Å². The quantitative estimate of drug-likeness (QED) is 0.419. The number of aryl methyl sites for hydroxylation is 2. The Morgan fingerprint density at radius 3 is 2.68 bits per heavy atom. The van der Waals surface area contributed by atoms with Crippen LogP contribution in [0.5, 0.6) is 0 Å². The van der Waals surface area contributed by atoms with Crippen LogP contribution in [0.15, 0.2) is 77.6 Å². The van der Waals surface area contributed by atoms with Gasteiger partial charge >= 0.3 is 0 Å². The topological polar surface area (TPSA) is 64.0 Å². The molecule has 172 valence electrons. The Morgan fingerprint density at radius 2 is 1.79 bits per heavy atom. The van der Waals surface area contributed by atoms with Crippen molar-refractivity contribution < 1.29 is 4.79 Å². The minimum absolute atomic E-state index is 0.0268. The standard InChI is InChI=1S/C28H26ClN3O2/c29-22-12-4-2-9-20(22)18-32-26-15-6-5-13-24(26)30-25(28(32)34)16-17-27(33)31-23-14-7-10-19-8-1-3-11-21(19)23/h1-6,8-9,11-13,15,23H,7,10,14,16-18H2,(H,31,33). The van der Waals surface area contributed by atoms with Gasteiger partial charge in [-0.1, -0.05) is 66.2 Å². The average molecular weight is 472 g/mol. The lowest BCUT2D eigenvalue weighted by molar-refractivity contribution is -0.121. The van der Waals surface area contributed by atoms with Crippen molar-refractivity contribution in [3.63, 3.8) is 0 Å². The van der Waals surface area contributed by atoms with E-state index in [9.17, 15) is 9.59 Å². The average Bonchev–Trinajstić information content (AvgIpc) is 2.86. The molecule has 4 aromatic rings. The highest BCUT2D eigenvalue weighted by atomic mass is 35.5. The number of halogens is 1. The molecule has 6 heteroatoms. The van der Waals surface area contributed by atoms with Crippen LogP contribution in [-0.4, -0.2) is 15.5 Å². The molecule has 0 saturated heterocycles. The highest BCUT2D eigenvalue weighted by molar-refractivity contribution is 6.31. The van der Waals surface area contributed by atoms with Crippen LogP contribution in [0.3, 0.4) is 0 Å². The summed E-state index contributed by atoms with van der Waals surface area (Å²) >= 11 is 6.36. The number of amides is 1. The van der Waals surface area contributed by atoms with Gasteiger partial charge in [-0.15, -0.1) is 0 Å². The van der Waals surface area contributed by atoms with Crippen molar-refractivity contribution in [2.75, 3.05) is 0 Å². The van der Waals surface area contributed by atoms with E-state index in [0.29, 0.717) is 17.3 Å². The van der Waals surface area contributed by atoms with Crippen LogP contribution >= 0.6 is 11.6 Å². The highest BCUT2D eigenvalue weighted by Gasteiger charge is 2.22. The molecular weight excluding hydrogens is 446 g/mol. The Balaban J connectivity index is 1.37. The number of aromatic nitrogens is 2. The number of fused-ring (bicyclic) bond motifs is 2. The third-order valence-corrected chi connectivity index (χ3v) is 6.87. The van der Waals surface area contributed by atoms with Gasteiger partial charge in [-0.2, -0.15) is 0 Å². The maximum atomic E-state index is 13.4. The molecular formula is C28H26ClN3O2. The van der Waals surface area contributed by atoms with Gasteiger partial charge < -0.3 is 9.88 Å². The van der Waals surface area contributed by atoms with Crippen molar-refractivity contribution in [1.82, 2.24) is 14.9 Å². The fourth-order valence-corrected chi connectivity index (χ4v) is 4.96. The number of hydrogen-bond acceptors (Lipinski definition) is 3. The van der Waals surface area contributed by atoms with Crippen molar-refractivity contribution in [3.8, 4) is 0 Å². The number of nitrogens with one attached hydrogen (secondary N) is 1. The molecule has 34 heavy (non-hydrogen) atoms. The lowest BCUT2D eigenvalue weighted by Gasteiger charge is -2.26. The molecule has 0 aliphatic heterocycles. The zero-order valence-electron chi connectivity index (χ0n) is 18.8. The Kier molecular flexibility index (Phi) is 6.45. The number of rotatable bonds is 6. The monoisotopic (exact) mass is 471 g/mol. The van der Waals surface area contributed by atoms with Crippen LogP contribution in [-0.2, 0) is 24.2 Å². The first kappa shape index (κ1) is 22.4. The molecule has 0 spiro atoms. The Bertz CT molecular complexity index is 1410. The number of benzene rings is 3. The number of para-hydroxylation sites is 2. The van der Waals surface area contributed by atoms with Crippen LogP contribution < -0.4 is 10.9 Å². The van der Waals surface area contributed by atoms with E-state index in [1.807, 2.05) is 60.7 Å². The molecule has 1 unspecified atom stereocenters. The molecule has 1 aliphatic rings. The van der Waals surface area contributed by atoms with Gasteiger partial charge in [0.2, 0.25) is 5.91 Å². The van der Waals surface area contributed by atoms with Crippen molar-refractivity contribution in [2.24, 2.45) is 0 Å². The van der Waals surface area contributed by atoms with E-state index in [4.69, 9.17) is 11.6 Å². The lowest BCUT2D eigenvalue weighted by Crippen LogP contribution is -2.32. The van der Waals surface area contributed by atoms with Gasteiger partial charge in [-0.25, -0.2) is 4.98 Å². The van der Waals surface area contributed by atoms with Crippen molar-refractivity contribution in [2.45, 2.75) is 44.7 Å². The van der Waals surface area contributed by atoms with Gasteiger partial charge in [0.05, 0.1) is 23.6 Å². The van der Waals surface area contributed by atoms with Gasteiger partial charge in [-0.3, -0.25) is 9.59 Å². The summed E-state index contributed by atoms with van der Waals surface area (Å²) in [5.41, 5.74) is 5.05. The second kappa shape index (κ2) is 9.82. The third-order valence-electron chi connectivity index (χ3n) is 6.50. The summed E-state index contributed by atoms with van der Waals surface area (Å²) in [5.74, 6) is -0.0614. The molecule has 1 amide bonds. The zero-order chi connectivity index (χ0) is 23.5. The Morgan fingerprint density at radius 1 is 1.03 bits per heavy atom. The number of carbonyl (C=O) groups excluding carboxylic acids is 1. The van der Waals surface area contributed by atoms with E-state index in [0.717, 1.165) is 35.9 Å². The smallest absolute Gasteiger partial charge is 0.273 e. The minimum Gasteiger partial charge on any atom is -0.349 e. The summed E-state index contributed by atoms with van der Waals surface area (Å²) in [5, 5.41) is 3.79. The highest BCUT2D eigenvalue weighted by Crippen LogP contribution is 2.29. The number of hydrogen-bond donors (Lipinski definition) is 1. The molecule has 0 saturated carbocycles. The van der Waals surface area contributed by atoms with E-state index in [1.165, 1.54) is 11.1 Å². The molecule has 1 heterocycles. The van der Waals surface area contributed by atoms with Gasteiger partial charge in [0.15, 0.2) is 0 Å². The third kappa shape index (κ3) is 4.62. The van der Waals surface area contributed by atoms with Crippen LogP contribution in [0, 0.1) is 0 Å². The fourth-order valence-electron chi connectivity index (χ4n) is 4.76. The van der Waals surface area contributed by atoms with Gasteiger partial charge in [0.25, 0.3) is 5.56 Å². The van der Waals surface area contributed by atoms with Crippen LogP contribution in [0.2, 0.25) is 5.02 Å². The maximum absolute atomic E-state index is 13.4. The van der Waals surface area contributed by atoms with Crippen molar-refractivity contribution in [1.29, 1.82) is 0 Å². The molecule has 0 fully saturated rings. The van der Waals surface area contributed by atoms with E-state index in [1.54, 1.807) is 4.57 Å². The predicted molar refractivity (Wildman–Crippen MR) is 135 cm³/mol. The minimum atomic E-state index is -0.186. The maximum Gasteiger partial charge on any atom is 0.273 e. The SMILES string of the molecule is O=C(CCc1nc2ccccc2n(Cc2ccccc2Cl)c1=O)NC1CCCc2ccccc21. The van der Waals surface area contributed by atoms with Crippen LogP contribution in [0.1, 0.15) is 47.7 Å². The Hall–Kier alpha value is -3.44. The first-order valence-corrected chi connectivity index (χ1v) is 12.1. The molecule has 1 atom stereocenters. The van der Waals surface area contributed by atoms with Crippen LogP contribution in [0.25, 0.3) is 11.0 Å². The molecule has 5 rings (SSSR count). The summed E-state index contributed by atoms with van der Waals surface area (Å²) in [4.78, 5) is 30.8.